The van der Waals surface area contributed by atoms with Crippen molar-refractivity contribution in [2.45, 2.75) is 62.1 Å². The summed E-state index contributed by atoms with van der Waals surface area (Å²) >= 11 is 2.48. The van der Waals surface area contributed by atoms with Gasteiger partial charge in [-0.25, -0.2) is 0 Å². The van der Waals surface area contributed by atoms with E-state index in [1.165, 1.54) is 23.5 Å². The topological polar surface area (TPSA) is 138 Å². The zero-order valence-electron chi connectivity index (χ0n) is 16.5. The van der Waals surface area contributed by atoms with Crippen molar-refractivity contribution in [1.29, 1.82) is 0 Å². The first kappa shape index (κ1) is 25.1. The molecule has 0 aliphatic rings. The monoisotopic (exact) mass is 426 g/mol. The molecule has 1 rings (SSSR count). The van der Waals surface area contributed by atoms with Gasteiger partial charge in [-0.15, -0.1) is 0 Å². The van der Waals surface area contributed by atoms with E-state index in [0.717, 1.165) is 36.8 Å². The first-order chi connectivity index (χ1) is 13.5. The fourth-order valence-corrected chi connectivity index (χ4v) is 4.43. The first-order valence-corrected chi connectivity index (χ1v) is 11.8. The van der Waals surface area contributed by atoms with Crippen molar-refractivity contribution >= 4 is 33.8 Å². The third kappa shape index (κ3) is 10.0. The number of unbranched alkanes of at least 4 members (excludes halogenated alkanes) is 2. The molecule has 1 aromatic rings. The van der Waals surface area contributed by atoms with Crippen LogP contribution in [-0.4, -0.2) is 35.4 Å². The van der Waals surface area contributed by atoms with E-state index < -0.39 is 12.1 Å². The molecule has 0 aromatic heterocycles. The Morgan fingerprint density at radius 1 is 0.750 bits per heavy atom. The van der Waals surface area contributed by atoms with Crippen LogP contribution in [0.15, 0.2) is 24.3 Å². The normalized spacial score (nSPS) is 13.3. The molecular weight excluding hydrogens is 392 g/mol. The van der Waals surface area contributed by atoms with Crippen LogP contribution < -0.4 is 22.9 Å². The number of carbonyl (C=O) groups is 2. The Kier molecular flexibility index (Phi) is 13.5. The predicted molar refractivity (Wildman–Crippen MR) is 121 cm³/mol. The number of hydrogen-bond acceptors (Lipinski definition) is 8. The quantitative estimate of drug-likeness (QED) is 0.332. The largest absolute Gasteiger partial charge is 0.330 e. The zero-order valence-corrected chi connectivity index (χ0v) is 18.1. The van der Waals surface area contributed by atoms with Gasteiger partial charge in [-0.05, 0) is 49.9 Å². The van der Waals surface area contributed by atoms with Crippen molar-refractivity contribution < 1.29 is 9.59 Å². The molecule has 0 saturated carbocycles. The second-order valence-corrected chi connectivity index (χ2v) is 8.73. The Morgan fingerprint density at radius 2 is 1.14 bits per heavy atom. The average Bonchev–Trinajstić information content (AvgIpc) is 2.70. The minimum atomic E-state index is -0.453. The van der Waals surface area contributed by atoms with Crippen molar-refractivity contribution in [3.63, 3.8) is 0 Å². The van der Waals surface area contributed by atoms with Gasteiger partial charge in [-0.1, -0.05) is 60.6 Å². The number of thioether (sulfide) groups is 2. The minimum absolute atomic E-state index is 0.00233. The molecule has 0 fully saturated rings. The summed E-state index contributed by atoms with van der Waals surface area (Å²) in [6.45, 7) is 1.24. The Hall–Kier alpha value is -0.900. The Labute approximate surface area is 176 Å². The van der Waals surface area contributed by atoms with Gasteiger partial charge in [0.2, 0.25) is 10.2 Å². The molecule has 0 radical (unpaired) electrons. The summed E-state index contributed by atoms with van der Waals surface area (Å²) in [5, 5.41) is -0.00467. The average molecular weight is 427 g/mol. The molecule has 158 valence electrons. The maximum atomic E-state index is 12.2. The van der Waals surface area contributed by atoms with Gasteiger partial charge in [0.05, 0.1) is 12.1 Å². The van der Waals surface area contributed by atoms with E-state index >= 15 is 0 Å². The molecule has 8 heteroatoms. The summed E-state index contributed by atoms with van der Waals surface area (Å²) in [5.41, 5.74) is 25.0. The van der Waals surface area contributed by atoms with E-state index in [1.807, 2.05) is 24.3 Å². The lowest BCUT2D eigenvalue weighted by Gasteiger charge is -2.13. The Morgan fingerprint density at radius 3 is 1.50 bits per heavy atom. The zero-order chi connectivity index (χ0) is 20.8. The molecule has 0 saturated heterocycles. The van der Waals surface area contributed by atoms with Crippen LogP contribution in [0.3, 0.4) is 0 Å². The number of benzene rings is 1. The SMILES string of the molecule is NCCCC[C@H](N)C(=O)SCc1ccccc1CSC(=O)[C@@H](N)CCCCN. The molecule has 0 aliphatic heterocycles. The van der Waals surface area contributed by atoms with Crippen LogP contribution in [0.1, 0.15) is 49.7 Å². The molecule has 6 nitrogen and oxygen atoms in total. The standard InChI is InChI=1S/C20H34N4O2S2/c21-11-5-3-9-17(23)19(25)27-13-15-7-1-2-8-16(15)14-28-20(26)18(24)10-4-6-12-22/h1-2,7-8,17-18H,3-6,9-14,21-24H2/t17-,18-/m0/s1. The molecule has 0 spiro atoms. The molecule has 28 heavy (non-hydrogen) atoms. The maximum absolute atomic E-state index is 12.2. The predicted octanol–water partition coefficient (Wildman–Crippen LogP) is 2.12. The first-order valence-electron chi connectivity index (χ1n) is 9.81. The van der Waals surface area contributed by atoms with Crippen LogP contribution in [0.25, 0.3) is 0 Å². The summed E-state index contributed by atoms with van der Waals surface area (Å²) in [7, 11) is 0. The summed E-state index contributed by atoms with van der Waals surface area (Å²) < 4.78 is 0. The lowest BCUT2D eigenvalue weighted by molar-refractivity contribution is -0.113. The van der Waals surface area contributed by atoms with Crippen molar-refractivity contribution in [3.05, 3.63) is 35.4 Å². The maximum Gasteiger partial charge on any atom is 0.205 e. The van der Waals surface area contributed by atoms with Gasteiger partial charge in [0, 0.05) is 11.5 Å². The highest BCUT2D eigenvalue weighted by Gasteiger charge is 2.17. The summed E-state index contributed by atoms with van der Waals surface area (Å²) in [4.78, 5) is 24.4. The second-order valence-electron chi connectivity index (χ2n) is 6.77. The molecular formula is C20H34N4O2S2. The molecule has 0 unspecified atom stereocenters. The van der Waals surface area contributed by atoms with Gasteiger partial charge in [0.1, 0.15) is 0 Å². The van der Waals surface area contributed by atoms with Crippen LogP contribution in [0, 0.1) is 0 Å². The highest BCUT2D eigenvalue weighted by Crippen LogP contribution is 2.23. The number of hydrogen-bond donors (Lipinski definition) is 4. The van der Waals surface area contributed by atoms with E-state index in [4.69, 9.17) is 22.9 Å². The molecule has 0 aliphatic carbocycles. The van der Waals surface area contributed by atoms with Crippen LogP contribution in [0.4, 0.5) is 0 Å². The highest BCUT2D eigenvalue weighted by atomic mass is 32.2. The fourth-order valence-electron chi connectivity index (χ4n) is 2.60. The van der Waals surface area contributed by atoms with E-state index in [2.05, 4.69) is 0 Å². The van der Waals surface area contributed by atoms with Crippen LogP contribution in [0.2, 0.25) is 0 Å². The summed E-state index contributed by atoms with van der Waals surface area (Å²) in [6.07, 6.45) is 4.83. The van der Waals surface area contributed by atoms with Gasteiger partial charge >= 0.3 is 0 Å². The van der Waals surface area contributed by atoms with Crippen LogP contribution in [0.5, 0.6) is 0 Å². The second kappa shape index (κ2) is 15.0. The number of carbonyl (C=O) groups excluding carboxylic acids is 2. The van der Waals surface area contributed by atoms with E-state index in [0.29, 0.717) is 37.4 Å². The van der Waals surface area contributed by atoms with Gasteiger partial charge in [-0.3, -0.25) is 9.59 Å². The fraction of sp³-hybridized carbons (Fsp3) is 0.600. The third-order valence-corrected chi connectivity index (χ3v) is 6.49. The Bertz CT molecular complexity index is 550. The van der Waals surface area contributed by atoms with Gasteiger partial charge in [0.15, 0.2) is 0 Å². The van der Waals surface area contributed by atoms with Crippen LogP contribution in [-0.2, 0) is 21.1 Å². The van der Waals surface area contributed by atoms with E-state index in [9.17, 15) is 9.59 Å². The van der Waals surface area contributed by atoms with Crippen molar-refractivity contribution in [3.8, 4) is 0 Å². The minimum Gasteiger partial charge on any atom is -0.330 e. The van der Waals surface area contributed by atoms with Gasteiger partial charge in [0.25, 0.3) is 0 Å². The number of nitrogens with two attached hydrogens (primary N) is 4. The molecule has 0 bridgehead atoms. The van der Waals surface area contributed by atoms with Crippen molar-refractivity contribution in [2.75, 3.05) is 13.1 Å². The summed E-state index contributed by atoms with van der Waals surface area (Å²) in [5.74, 6) is 1.10. The number of rotatable bonds is 14. The lowest BCUT2D eigenvalue weighted by atomic mass is 10.1. The van der Waals surface area contributed by atoms with E-state index in [1.54, 1.807) is 0 Å². The molecule has 0 amide bonds. The molecule has 0 heterocycles. The van der Waals surface area contributed by atoms with Crippen molar-refractivity contribution in [2.24, 2.45) is 22.9 Å². The smallest absolute Gasteiger partial charge is 0.205 e. The van der Waals surface area contributed by atoms with Crippen molar-refractivity contribution in [1.82, 2.24) is 0 Å². The molecule has 1 aromatic carbocycles. The third-order valence-electron chi connectivity index (χ3n) is 4.40. The highest BCUT2D eigenvalue weighted by molar-refractivity contribution is 8.13. The Balaban J connectivity index is 2.49. The lowest BCUT2D eigenvalue weighted by Crippen LogP contribution is -2.28. The molecule has 2 atom stereocenters. The summed E-state index contributed by atoms with van der Waals surface area (Å²) in [6, 6.07) is 6.95. The van der Waals surface area contributed by atoms with Gasteiger partial charge < -0.3 is 22.9 Å². The van der Waals surface area contributed by atoms with Gasteiger partial charge in [-0.2, -0.15) is 0 Å². The molecule has 8 N–H and O–H groups in total. The van der Waals surface area contributed by atoms with Crippen LogP contribution >= 0.6 is 23.5 Å². The van der Waals surface area contributed by atoms with E-state index in [-0.39, 0.29) is 10.2 Å².